The minimum atomic E-state index is 0. The number of aromatic nitrogens is 1. The van der Waals surface area contributed by atoms with Crippen LogP contribution in [0.2, 0.25) is 0 Å². The Morgan fingerprint density at radius 2 is 2.16 bits per heavy atom. The molecule has 4 heteroatoms. The molecule has 1 saturated heterocycles. The molecule has 0 unspecified atom stereocenters. The molecular formula is C15H20ClN3. The van der Waals surface area contributed by atoms with Gasteiger partial charge in [0.2, 0.25) is 0 Å². The lowest BCUT2D eigenvalue weighted by Gasteiger charge is -2.25. The maximum Gasteiger partial charge on any atom is 0.0703 e. The molecule has 0 aliphatic carbocycles. The van der Waals surface area contributed by atoms with E-state index in [4.69, 9.17) is 0 Å². The third-order valence-corrected chi connectivity index (χ3v) is 3.81. The summed E-state index contributed by atoms with van der Waals surface area (Å²) in [7, 11) is 2.16. The predicted molar refractivity (Wildman–Crippen MR) is 83.4 cm³/mol. The Morgan fingerprint density at radius 1 is 1.32 bits per heavy atom. The number of benzene rings is 1. The lowest BCUT2D eigenvalue weighted by molar-refractivity contribution is 0.685. The second kappa shape index (κ2) is 5.76. The first-order chi connectivity index (χ1) is 8.74. The molecule has 1 N–H and O–H groups in total. The van der Waals surface area contributed by atoms with Crippen molar-refractivity contribution in [2.75, 3.05) is 25.0 Å². The minimum absolute atomic E-state index is 0. The van der Waals surface area contributed by atoms with Crippen molar-refractivity contribution >= 4 is 29.0 Å². The van der Waals surface area contributed by atoms with Crippen LogP contribution < -0.4 is 10.2 Å². The molecule has 102 valence electrons. The quantitative estimate of drug-likeness (QED) is 0.915. The highest BCUT2D eigenvalue weighted by Crippen LogP contribution is 2.22. The molecule has 2 heterocycles. The Hall–Kier alpha value is -1.32. The molecule has 1 aliphatic rings. The van der Waals surface area contributed by atoms with Crippen molar-refractivity contribution in [2.45, 2.75) is 19.4 Å². The number of halogens is 1. The largest absolute Gasteiger partial charge is 0.369 e. The normalized spacial score (nSPS) is 18.3. The van der Waals surface area contributed by atoms with E-state index in [-0.39, 0.29) is 12.4 Å². The highest BCUT2D eigenvalue weighted by atomic mass is 35.5. The molecule has 19 heavy (non-hydrogen) atoms. The summed E-state index contributed by atoms with van der Waals surface area (Å²) in [5.74, 6) is 0. The number of pyridine rings is 1. The molecule has 2 aromatic rings. The van der Waals surface area contributed by atoms with Gasteiger partial charge in [0.1, 0.15) is 0 Å². The first-order valence-electron chi connectivity index (χ1n) is 6.54. The van der Waals surface area contributed by atoms with Gasteiger partial charge in [-0.05, 0) is 38.1 Å². The van der Waals surface area contributed by atoms with Crippen molar-refractivity contribution in [3.05, 3.63) is 36.0 Å². The zero-order valence-corrected chi connectivity index (χ0v) is 12.2. The molecule has 0 amide bonds. The highest BCUT2D eigenvalue weighted by molar-refractivity contribution is 5.85. The highest BCUT2D eigenvalue weighted by Gasteiger charge is 2.19. The minimum Gasteiger partial charge on any atom is -0.369 e. The van der Waals surface area contributed by atoms with E-state index < -0.39 is 0 Å². The number of fused-ring (bicyclic) bond motifs is 1. The Labute approximate surface area is 120 Å². The molecule has 1 aromatic heterocycles. The number of likely N-dealkylation sites (N-methyl/N-ethyl adjacent to an activating group) is 1. The molecule has 3 nitrogen and oxygen atoms in total. The molecular weight excluding hydrogens is 258 g/mol. The van der Waals surface area contributed by atoms with E-state index in [1.54, 1.807) is 0 Å². The molecule has 1 atom stereocenters. The Balaban J connectivity index is 0.00000133. The van der Waals surface area contributed by atoms with E-state index in [9.17, 15) is 0 Å². The van der Waals surface area contributed by atoms with Gasteiger partial charge in [0.25, 0.3) is 0 Å². The van der Waals surface area contributed by atoms with Crippen LogP contribution in [0, 0.1) is 6.92 Å². The lowest BCUT2D eigenvalue weighted by Crippen LogP contribution is -2.33. The van der Waals surface area contributed by atoms with Crippen LogP contribution in [-0.4, -0.2) is 31.2 Å². The first kappa shape index (κ1) is 14.1. The monoisotopic (exact) mass is 277 g/mol. The number of nitrogens with one attached hydrogen (secondary N) is 1. The number of rotatable bonds is 2. The zero-order valence-electron chi connectivity index (χ0n) is 11.4. The van der Waals surface area contributed by atoms with Crippen LogP contribution >= 0.6 is 12.4 Å². The van der Waals surface area contributed by atoms with Crippen LogP contribution in [0.15, 0.2) is 30.5 Å². The van der Waals surface area contributed by atoms with Crippen LogP contribution in [-0.2, 0) is 0 Å². The van der Waals surface area contributed by atoms with Gasteiger partial charge in [-0.25, -0.2) is 0 Å². The first-order valence-corrected chi connectivity index (χ1v) is 6.54. The summed E-state index contributed by atoms with van der Waals surface area (Å²) in [6.07, 6.45) is 3.19. The van der Waals surface area contributed by atoms with Crippen LogP contribution in [0.3, 0.4) is 0 Å². The Bertz CT molecular complexity index is 564. The molecule has 0 spiro atoms. The van der Waals surface area contributed by atoms with E-state index in [0.717, 1.165) is 18.6 Å². The van der Waals surface area contributed by atoms with Crippen molar-refractivity contribution < 1.29 is 0 Å². The van der Waals surface area contributed by atoms with E-state index >= 15 is 0 Å². The smallest absolute Gasteiger partial charge is 0.0703 e. The van der Waals surface area contributed by atoms with Gasteiger partial charge in [-0.3, -0.25) is 4.98 Å². The Kier molecular flexibility index (Phi) is 4.27. The number of hydrogen-bond donors (Lipinski definition) is 1. The zero-order chi connectivity index (χ0) is 12.5. The van der Waals surface area contributed by atoms with Gasteiger partial charge in [-0.2, -0.15) is 0 Å². The fourth-order valence-electron chi connectivity index (χ4n) is 2.61. The molecule has 1 fully saturated rings. The second-order valence-corrected chi connectivity index (χ2v) is 5.15. The number of aryl methyl sites for hydroxylation is 1. The Morgan fingerprint density at radius 3 is 2.89 bits per heavy atom. The van der Waals surface area contributed by atoms with Gasteiger partial charge in [-0.15, -0.1) is 12.4 Å². The van der Waals surface area contributed by atoms with E-state index in [1.807, 2.05) is 6.20 Å². The number of hydrogen-bond acceptors (Lipinski definition) is 3. The van der Waals surface area contributed by atoms with Crippen molar-refractivity contribution in [1.82, 2.24) is 10.3 Å². The van der Waals surface area contributed by atoms with Gasteiger partial charge in [0.05, 0.1) is 17.4 Å². The summed E-state index contributed by atoms with van der Waals surface area (Å²) in [5, 5.41) is 4.63. The molecule has 0 bridgehead atoms. The van der Waals surface area contributed by atoms with Crippen LogP contribution in [0.4, 0.5) is 5.69 Å². The molecule has 3 rings (SSSR count). The van der Waals surface area contributed by atoms with Crippen molar-refractivity contribution in [3.63, 3.8) is 0 Å². The third kappa shape index (κ3) is 2.82. The van der Waals surface area contributed by atoms with E-state index in [2.05, 4.69) is 53.4 Å². The summed E-state index contributed by atoms with van der Waals surface area (Å²) >= 11 is 0. The number of anilines is 1. The SMILES string of the molecule is Cc1ccc2ncc(N(C)[C@H]3CCNC3)cc2c1.Cl. The molecule has 1 aromatic carbocycles. The van der Waals surface area contributed by atoms with Gasteiger partial charge < -0.3 is 10.2 Å². The van der Waals surface area contributed by atoms with Crippen molar-refractivity contribution in [2.24, 2.45) is 0 Å². The van der Waals surface area contributed by atoms with Crippen LogP contribution in [0.1, 0.15) is 12.0 Å². The molecule has 0 saturated carbocycles. The maximum absolute atomic E-state index is 4.55. The summed E-state index contributed by atoms with van der Waals surface area (Å²) in [6, 6.07) is 9.24. The van der Waals surface area contributed by atoms with E-state index in [1.165, 1.54) is 23.1 Å². The average molecular weight is 278 g/mol. The molecule has 1 aliphatic heterocycles. The number of nitrogens with zero attached hydrogens (tertiary/aromatic N) is 2. The fourth-order valence-corrected chi connectivity index (χ4v) is 2.61. The summed E-state index contributed by atoms with van der Waals surface area (Å²) in [5.41, 5.74) is 3.57. The standard InChI is InChI=1S/C15H19N3.ClH/c1-11-3-4-15-12(7-11)8-14(10-17-15)18(2)13-5-6-16-9-13;/h3-4,7-8,10,13,16H,5-6,9H2,1-2H3;1H/t13-;/m0./s1. The fraction of sp³-hybridized carbons (Fsp3) is 0.400. The van der Waals surface area contributed by atoms with Gasteiger partial charge >= 0.3 is 0 Å². The van der Waals surface area contributed by atoms with Gasteiger partial charge in [0.15, 0.2) is 0 Å². The van der Waals surface area contributed by atoms with E-state index in [0.29, 0.717) is 6.04 Å². The summed E-state index contributed by atoms with van der Waals surface area (Å²) in [6.45, 7) is 4.31. The van der Waals surface area contributed by atoms with Crippen molar-refractivity contribution in [1.29, 1.82) is 0 Å². The van der Waals surface area contributed by atoms with Crippen LogP contribution in [0.25, 0.3) is 10.9 Å². The third-order valence-electron chi connectivity index (χ3n) is 3.81. The predicted octanol–water partition coefficient (Wildman–Crippen LogP) is 2.76. The molecule has 0 radical (unpaired) electrons. The second-order valence-electron chi connectivity index (χ2n) is 5.15. The summed E-state index contributed by atoms with van der Waals surface area (Å²) in [4.78, 5) is 6.89. The van der Waals surface area contributed by atoms with Crippen LogP contribution in [0.5, 0.6) is 0 Å². The average Bonchev–Trinajstić information content (AvgIpc) is 2.90. The summed E-state index contributed by atoms with van der Waals surface area (Å²) < 4.78 is 0. The van der Waals surface area contributed by atoms with Crippen molar-refractivity contribution in [3.8, 4) is 0 Å². The lowest BCUT2D eigenvalue weighted by atomic mass is 10.1. The van der Waals surface area contributed by atoms with Gasteiger partial charge in [-0.1, -0.05) is 11.6 Å². The maximum atomic E-state index is 4.55. The van der Waals surface area contributed by atoms with Gasteiger partial charge in [0, 0.05) is 25.0 Å². The topological polar surface area (TPSA) is 28.2 Å².